The Labute approximate surface area is 156 Å². The molecular weight excluding hydrogens is 346 g/mol. The highest BCUT2D eigenvalue weighted by atomic mass is 16.6. The second-order valence-corrected chi connectivity index (χ2v) is 7.08. The third-order valence-corrected chi connectivity index (χ3v) is 5.27. The summed E-state index contributed by atoms with van der Waals surface area (Å²) in [7, 11) is 0. The fraction of sp³-hybridized carbons (Fsp3) is 0.350. The van der Waals surface area contributed by atoms with Gasteiger partial charge in [0, 0.05) is 38.3 Å². The second-order valence-electron chi connectivity index (χ2n) is 7.08. The minimum atomic E-state index is -0.562. The topological polar surface area (TPSA) is 71.9 Å². The Hall–Kier alpha value is -3.09. The van der Waals surface area contributed by atoms with E-state index in [0.717, 1.165) is 5.56 Å². The van der Waals surface area contributed by atoms with E-state index in [4.69, 9.17) is 4.74 Å². The summed E-state index contributed by atoms with van der Waals surface area (Å²) in [5, 5.41) is 0. The standard InChI is InChI=1S/C20H21N3O4/c24-17-8-4-5-9-21(17)13-18(25)22-10-11-23-19(26)27-15-20(23,14-22)12-16-6-2-1-3-7-16/h1-9H,10-15H2. The molecule has 1 atom stereocenters. The van der Waals surface area contributed by atoms with Crippen LogP contribution in [0.2, 0.25) is 0 Å². The number of carbonyl (C=O) groups excluding carboxylic acids is 2. The molecule has 2 fully saturated rings. The van der Waals surface area contributed by atoms with Gasteiger partial charge in [0.25, 0.3) is 5.56 Å². The lowest BCUT2D eigenvalue weighted by atomic mass is 9.88. The van der Waals surface area contributed by atoms with Crippen molar-refractivity contribution in [2.45, 2.75) is 18.5 Å². The second kappa shape index (κ2) is 6.90. The summed E-state index contributed by atoms with van der Waals surface area (Å²) in [6.45, 7) is 1.52. The number of nitrogens with zero attached hydrogens (tertiary/aromatic N) is 3. The SMILES string of the molecule is O=C(Cn1ccccc1=O)N1CCN2C(=O)OCC2(Cc2ccccc2)C1. The van der Waals surface area contributed by atoms with Gasteiger partial charge in [0.05, 0.1) is 0 Å². The van der Waals surface area contributed by atoms with E-state index in [-0.39, 0.29) is 30.7 Å². The Kier molecular flexibility index (Phi) is 4.43. The first-order chi connectivity index (χ1) is 13.1. The van der Waals surface area contributed by atoms with Gasteiger partial charge >= 0.3 is 6.09 Å². The van der Waals surface area contributed by atoms with Gasteiger partial charge < -0.3 is 14.2 Å². The zero-order valence-corrected chi connectivity index (χ0v) is 14.9. The molecule has 1 aromatic heterocycles. The number of hydrogen-bond donors (Lipinski definition) is 0. The molecular formula is C20H21N3O4. The molecule has 0 aliphatic carbocycles. The highest BCUT2D eigenvalue weighted by Gasteiger charge is 2.51. The average molecular weight is 367 g/mol. The largest absolute Gasteiger partial charge is 0.447 e. The molecule has 140 valence electrons. The van der Waals surface area contributed by atoms with Crippen LogP contribution in [0.3, 0.4) is 0 Å². The first-order valence-corrected chi connectivity index (χ1v) is 8.99. The van der Waals surface area contributed by atoms with E-state index in [1.807, 2.05) is 30.3 Å². The molecule has 3 heterocycles. The summed E-state index contributed by atoms with van der Waals surface area (Å²) in [6, 6.07) is 14.7. The first kappa shape index (κ1) is 17.3. The van der Waals surface area contributed by atoms with Gasteiger partial charge in [0.2, 0.25) is 5.91 Å². The predicted molar refractivity (Wildman–Crippen MR) is 98.2 cm³/mol. The molecule has 0 bridgehead atoms. The van der Waals surface area contributed by atoms with Gasteiger partial charge in [0.1, 0.15) is 18.7 Å². The van der Waals surface area contributed by atoms with Crippen LogP contribution in [0.4, 0.5) is 4.79 Å². The van der Waals surface area contributed by atoms with E-state index in [1.165, 1.54) is 10.6 Å². The van der Waals surface area contributed by atoms with E-state index in [9.17, 15) is 14.4 Å². The summed E-state index contributed by atoms with van der Waals surface area (Å²) < 4.78 is 6.73. The van der Waals surface area contributed by atoms with E-state index in [2.05, 4.69) is 0 Å². The minimum Gasteiger partial charge on any atom is -0.447 e. The van der Waals surface area contributed by atoms with Gasteiger partial charge in [0.15, 0.2) is 0 Å². The Balaban J connectivity index is 1.55. The van der Waals surface area contributed by atoms with Crippen molar-refractivity contribution in [2.24, 2.45) is 0 Å². The number of fused-ring (bicyclic) bond motifs is 1. The van der Waals surface area contributed by atoms with Crippen molar-refractivity contribution < 1.29 is 14.3 Å². The lowest BCUT2D eigenvalue weighted by molar-refractivity contribution is -0.136. The number of carbonyl (C=O) groups is 2. The summed E-state index contributed by atoms with van der Waals surface area (Å²) in [4.78, 5) is 40.3. The van der Waals surface area contributed by atoms with Crippen LogP contribution in [0.15, 0.2) is 59.5 Å². The van der Waals surface area contributed by atoms with Crippen LogP contribution in [0.25, 0.3) is 0 Å². The van der Waals surface area contributed by atoms with Crippen molar-refractivity contribution in [3.63, 3.8) is 0 Å². The van der Waals surface area contributed by atoms with Gasteiger partial charge in [-0.25, -0.2) is 4.79 Å². The molecule has 27 heavy (non-hydrogen) atoms. The van der Waals surface area contributed by atoms with Crippen molar-refractivity contribution in [3.8, 4) is 0 Å². The van der Waals surface area contributed by atoms with Crippen LogP contribution < -0.4 is 5.56 Å². The number of amides is 2. The molecule has 1 aromatic carbocycles. The fourth-order valence-corrected chi connectivity index (χ4v) is 3.89. The third-order valence-electron chi connectivity index (χ3n) is 5.27. The molecule has 0 radical (unpaired) electrons. The lowest BCUT2D eigenvalue weighted by Crippen LogP contribution is -2.63. The van der Waals surface area contributed by atoms with Crippen LogP contribution in [0, 0.1) is 0 Å². The summed E-state index contributed by atoms with van der Waals surface area (Å²) >= 11 is 0. The number of aromatic nitrogens is 1. The van der Waals surface area contributed by atoms with Gasteiger partial charge in [-0.05, 0) is 11.6 Å². The maximum absolute atomic E-state index is 12.8. The smallest absolute Gasteiger partial charge is 0.410 e. The molecule has 2 amide bonds. The molecule has 0 saturated carbocycles. The van der Waals surface area contributed by atoms with Crippen LogP contribution in [0.5, 0.6) is 0 Å². The summed E-state index contributed by atoms with van der Waals surface area (Å²) in [5.74, 6) is -0.130. The minimum absolute atomic E-state index is 0.00407. The molecule has 2 aromatic rings. The van der Waals surface area contributed by atoms with E-state index < -0.39 is 5.54 Å². The number of hydrogen-bond acceptors (Lipinski definition) is 4. The Bertz CT molecular complexity index is 911. The molecule has 0 spiro atoms. The summed E-state index contributed by atoms with van der Waals surface area (Å²) in [6.07, 6.45) is 1.91. The predicted octanol–water partition coefficient (Wildman–Crippen LogP) is 1.12. The molecule has 4 rings (SSSR count). The highest BCUT2D eigenvalue weighted by molar-refractivity contribution is 5.77. The van der Waals surface area contributed by atoms with Gasteiger partial charge in [-0.2, -0.15) is 0 Å². The molecule has 1 unspecified atom stereocenters. The van der Waals surface area contributed by atoms with Crippen LogP contribution >= 0.6 is 0 Å². The monoisotopic (exact) mass is 367 g/mol. The number of piperazine rings is 1. The number of pyridine rings is 1. The Morgan fingerprint density at radius 1 is 1.04 bits per heavy atom. The van der Waals surface area contributed by atoms with Crippen molar-refractivity contribution in [2.75, 3.05) is 26.2 Å². The molecule has 2 aliphatic rings. The fourth-order valence-electron chi connectivity index (χ4n) is 3.89. The van der Waals surface area contributed by atoms with Crippen LogP contribution in [-0.2, 0) is 22.5 Å². The number of benzene rings is 1. The zero-order chi connectivity index (χ0) is 18.9. The number of ether oxygens (including phenoxy) is 1. The summed E-state index contributed by atoms with van der Waals surface area (Å²) in [5.41, 5.74) is 0.325. The zero-order valence-electron chi connectivity index (χ0n) is 14.9. The van der Waals surface area contributed by atoms with E-state index >= 15 is 0 Å². The molecule has 2 aliphatic heterocycles. The number of rotatable bonds is 4. The molecule has 7 heteroatoms. The van der Waals surface area contributed by atoms with Gasteiger partial charge in [-0.3, -0.25) is 14.5 Å². The van der Waals surface area contributed by atoms with Gasteiger partial charge in [-0.15, -0.1) is 0 Å². The average Bonchev–Trinajstić information content (AvgIpc) is 3.00. The lowest BCUT2D eigenvalue weighted by Gasteiger charge is -2.44. The highest BCUT2D eigenvalue weighted by Crippen LogP contribution is 2.32. The van der Waals surface area contributed by atoms with Gasteiger partial charge in [-0.1, -0.05) is 36.4 Å². The Morgan fingerprint density at radius 2 is 1.81 bits per heavy atom. The Morgan fingerprint density at radius 3 is 2.59 bits per heavy atom. The van der Waals surface area contributed by atoms with Crippen LogP contribution in [0.1, 0.15) is 5.56 Å². The first-order valence-electron chi connectivity index (χ1n) is 8.99. The molecule has 2 saturated heterocycles. The van der Waals surface area contributed by atoms with E-state index in [0.29, 0.717) is 26.1 Å². The van der Waals surface area contributed by atoms with Crippen molar-refractivity contribution in [3.05, 3.63) is 70.6 Å². The maximum Gasteiger partial charge on any atom is 0.410 e. The van der Waals surface area contributed by atoms with Crippen LogP contribution in [-0.4, -0.2) is 58.1 Å². The molecule has 0 N–H and O–H groups in total. The van der Waals surface area contributed by atoms with Crippen molar-refractivity contribution >= 4 is 12.0 Å². The van der Waals surface area contributed by atoms with E-state index in [1.54, 1.807) is 28.1 Å². The van der Waals surface area contributed by atoms with Crippen molar-refractivity contribution in [1.29, 1.82) is 0 Å². The molecule has 7 nitrogen and oxygen atoms in total. The number of cyclic esters (lactones) is 1. The maximum atomic E-state index is 12.8. The normalized spacial score (nSPS) is 21.7. The quantitative estimate of drug-likeness (QED) is 0.812. The van der Waals surface area contributed by atoms with Crippen molar-refractivity contribution in [1.82, 2.24) is 14.4 Å². The third kappa shape index (κ3) is 3.32.